The number of benzene rings is 10. The van der Waals surface area contributed by atoms with E-state index in [2.05, 4.69) is 9.97 Å². The van der Waals surface area contributed by atoms with Gasteiger partial charge in [0.05, 0.1) is 56.6 Å². The van der Waals surface area contributed by atoms with Crippen molar-refractivity contribution in [2.45, 2.75) is 115 Å². The third-order valence-electron chi connectivity index (χ3n) is 21.2. The van der Waals surface area contributed by atoms with Crippen molar-refractivity contribution in [1.82, 2.24) is 29.9 Å². The Labute approximate surface area is 638 Å². The fourth-order valence-electron chi connectivity index (χ4n) is 12.9. The first-order chi connectivity index (χ1) is 51.9. The summed E-state index contributed by atoms with van der Waals surface area (Å²) >= 11 is 6.03. The normalized spacial score (nSPS) is 15.1. The van der Waals surface area contributed by atoms with Crippen molar-refractivity contribution in [1.29, 1.82) is 0 Å². The summed E-state index contributed by atoms with van der Waals surface area (Å²) in [7, 11) is -1.28. The van der Waals surface area contributed by atoms with Crippen molar-refractivity contribution in [3.05, 3.63) is 325 Å². The summed E-state index contributed by atoms with van der Waals surface area (Å²) in [5, 5.41) is 0.264. The van der Waals surface area contributed by atoms with Gasteiger partial charge in [0.1, 0.15) is 10.8 Å². The van der Waals surface area contributed by atoms with Gasteiger partial charge in [-0.1, -0.05) is 279 Å². The molecule has 19 heteroatoms. The summed E-state index contributed by atoms with van der Waals surface area (Å²) in [6.45, 7) is 17.9. The predicted molar refractivity (Wildman–Crippen MR) is 424 cm³/mol. The molecule has 2 aliphatic heterocycles. The van der Waals surface area contributed by atoms with E-state index in [-0.39, 0.29) is 27.5 Å². The van der Waals surface area contributed by atoms with E-state index in [0.29, 0.717) is 33.7 Å². The van der Waals surface area contributed by atoms with Gasteiger partial charge in [-0.15, -0.1) is 0 Å². The molecule has 5 heterocycles. The summed E-state index contributed by atoms with van der Waals surface area (Å²) in [6, 6.07) is 90.2. The van der Waals surface area contributed by atoms with Crippen LogP contribution in [0.5, 0.6) is 0 Å². The second-order valence-corrected chi connectivity index (χ2v) is 29.7. The Balaban J connectivity index is 0.000000162. The molecule has 13 aromatic rings. The first kappa shape index (κ1) is 76.5. The minimum atomic E-state index is -4.61. The molecule has 109 heavy (non-hydrogen) atoms. The monoisotopic (exact) mass is 1480 g/mol. The zero-order valence-electron chi connectivity index (χ0n) is 61.9. The van der Waals surface area contributed by atoms with Gasteiger partial charge in [-0.05, 0) is 132 Å². The zero-order chi connectivity index (χ0) is 77.2. The van der Waals surface area contributed by atoms with Crippen LogP contribution in [0.1, 0.15) is 91.5 Å². The van der Waals surface area contributed by atoms with Crippen LogP contribution in [-0.4, -0.2) is 78.9 Å². The molecule has 0 N–H and O–H groups in total. The van der Waals surface area contributed by atoms with E-state index >= 15 is 13.2 Å². The standard InChI is InChI=1S/C47H33F3N4.C27H35B2F3O4.C16H11ClN2/c1-46(47(48,49)50,38-26-22-36(23-27-38)44-51-40(32-14-6-2-7-15-32)30-41(52-44)33-16-8-3-9-17-33)39-28-24-37(25-29-39)45-53-42(34-18-10-4-11-19-34)31-43(54-45)35-20-12-5-13-21-35;1-22(2)23(3,4)34-28(33-22)20-14-10-18(11-15-20)26(9,27(30,31)32)19-12-16-21(17-13-19)29-35-24(5,6)25(7,8)36-29;17-16-18-14(12-7-3-1-4-8-12)11-15(19-16)13-9-5-2-6-10-13/h2-31H,1H3;10-17H,1-9H3;1-11H. The lowest BCUT2D eigenvalue weighted by atomic mass is 9.71. The molecule has 0 atom stereocenters. The highest BCUT2D eigenvalue weighted by molar-refractivity contribution is 6.62. The lowest BCUT2D eigenvalue weighted by Gasteiger charge is -2.33. The van der Waals surface area contributed by atoms with Crippen molar-refractivity contribution < 1.29 is 45.0 Å². The second-order valence-electron chi connectivity index (χ2n) is 29.3. The van der Waals surface area contributed by atoms with Crippen LogP contribution < -0.4 is 10.9 Å². The fourth-order valence-corrected chi connectivity index (χ4v) is 13.1. The van der Waals surface area contributed by atoms with Crippen LogP contribution in [0, 0.1) is 0 Å². The Bertz CT molecular complexity index is 4820. The summed E-state index contributed by atoms with van der Waals surface area (Å²) in [4.78, 5) is 27.9. The molecule has 10 nitrogen and oxygen atoms in total. The molecule has 2 fully saturated rings. The summed E-state index contributed by atoms with van der Waals surface area (Å²) in [6.07, 6.45) is -9.13. The smallest absolute Gasteiger partial charge is 0.399 e. The number of hydrogen-bond donors (Lipinski definition) is 0. The number of halogens is 7. The molecule has 0 radical (unpaired) electrons. The van der Waals surface area contributed by atoms with Crippen molar-refractivity contribution in [3.8, 4) is 90.3 Å². The van der Waals surface area contributed by atoms with E-state index in [1.54, 1.807) is 48.5 Å². The molecule has 2 aliphatic rings. The molecule has 0 bridgehead atoms. The lowest BCUT2D eigenvalue weighted by Crippen LogP contribution is -2.42. The van der Waals surface area contributed by atoms with Crippen LogP contribution in [0.3, 0.4) is 0 Å². The van der Waals surface area contributed by atoms with E-state index in [4.69, 9.17) is 50.2 Å². The molecule has 0 saturated carbocycles. The van der Waals surface area contributed by atoms with Gasteiger partial charge in [-0.25, -0.2) is 29.9 Å². The van der Waals surface area contributed by atoms with E-state index < -0.39 is 59.8 Å². The van der Waals surface area contributed by atoms with Gasteiger partial charge in [0.25, 0.3) is 0 Å². The first-order valence-electron chi connectivity index (χ1n) is 35.8. The third kappa shape index (κ3) is 16.2. The van der Waals surface area contributed by atoms with Gasteiger partial charge in [0.15, 0.2) is 11.6 Å². The van der Waals surface area contributed by atoms with Crippen LogP contribution in [-0.2, 0) is 29.4 Å². The second kappa shape index (κ2) is 30.7. The van der Waals surface area contributed by atoms with E-state index in [1.807, 2.05) is 256 Å². The maximum atomic E-state index is 15.2. The van der Waals surface area contributed by atoms with E-state index in [1.165, 1.54) is 62.4 Å². The van der Waals surface area contributed by atoms with E-state index in [9.17, 15) is 13.2 Å². The van der Waals surface area contributed by atoms with Crippen LogP contribution >= 0.6 is 11.6 Å². The Morgan fingerprint density at radius 2 is 0.459 bits per heavy atom. The van der Waals surface area contributed by atoms with Gasteiger partial charge >= 0.3 is 26.6 Å². The number of aromatic nitrogens is 6. The Hall–Kier alpha value is -10.7. The quantitative estimate of drug-likeness (QED) is 0.0592. The lowest BCUT2D eigenvalue weighted by molar-refractivity contribution is -0.173. The largest absolute Gasteiger partial charge is 0.494 e. The SMILES string of the molecule is CC(c1ccc(-c2nc(-c3ccccc3)cc(-c3ccccc3)n2)cc1)(c1ccc(-c2nc(-c3ccccc3)cc(-c3ccccc3)n2)cc1)C(F)(F)F.CC1(C)OB(c2ccc(C(C)(c3ccc(B4OC(C)(C)C(C)(C)O4)cc3)C(F)(F)F)cc2)OC1(C)C.Clc1nc(-c2ccccc2)cc(-c2ccccc2)n1. The van der Waals surface area contributed by atoms with Gasteiger partial charge in [0.2, 0.25) is 5.28 Å². The maximum absolute atomic E-state index is 15.2. The van der Waals surface area contributed by atoms with Crippen LogP contribution in [0.25, 0.3) is 90.3 Å². The fraction of sp³-hybridized carbons (Fsp3) is 0.200. The highest BCUT2D eigenvalue weighted by Crippen LogP contribution is 2.49. The minimum Gasteiger partial charge on any atom is -0.399 e. The van der Waals surface area contributed by atoms with Crippen molar-refractivity contribution in [3.63, 3.8) is 0 Å². The minimum absolute atomic E-state index is 0.0997. The topological polar surface area (TPSA) is 114 Å². The predicted octanol–water partition coefficient (Wildman–Crippen LogP) is 21.8. The molecule has 3 aromatic heterocycles. The highest BCUT2D eigenvalue weighted by Gasteiger charge is 2.57. The average Bonchev–Trinajstić information content (AvgIpc) is 1.41. The molecule has 0 unspecified atom stereocenters. The van der Waals surface area contributed by atoms with Gasteiger partial charge in [-0.3, -0.25) is 0 Å². The molecule has 15 rings (SSSR count). The van der Waals surface area contributed by atoms with Crippen molar-refractivity contribution in [2.24, 2.45) is 0 Å². The molecule has 548 valence electrons. The Morgan fingerprint density at radius 1 is 0.266 bits per heavy atom. The van der Waals surface area contributed by atoms with Crippen molar-refractivity contribution >= 4 is 36.8 Å². The zero-order valence-corrected chi connectivity index (χ0v) is 62.7. The van der Waals surface area contributed by atoms with Crippen LogP contribution in [0.15, 0.2) is 297 Å². The molecule has 0 amide bonds. The summed E-state index contributed by atoms with van der Waals surface area (Å²) in [5.41, 5.74) is 6.66. The summed E-state index contributed by atoms with van der Waals surface area (Å²) < 4.78 is 114. The van der Waals surface area contributed by atoms with Gasteiger partial charge < -0.3 is 18.6 Å². The van der Waals surface area contributed by atoms with Crippen LogP contribution in [0.4, 0.5) is 26.3 Å². The van der Waals surface area contributed by atoms with Gasteiger partial charge in [-0.2, -0.15) is 26.3 Å². The molecule has 0 spiro atoms. The number of rotatable bonds is 14. The van der Waals surface area contributed by atoms with E-state index in [0.717, 1.165) is 67.5 Å². The highest BCUT2D eigenvalue weighted by atomic mass is 35.5. The first-order valence-corrected chi connectivity index (χ1v) is 36.2. The summed E-state index contributed by atoms with van der Waals surface area (Å²) in [5.74, 6) is 0.847. The number of hydrogen-bond acceptors (Lipinski definition) is 10. The molecule has 0 aliphatic carbocycles. The molecule has 10 aromatic carbocycles. The number of nitrogens with zero attached hydrogens (tertiary/aromatic N) is 6. The molecular weight excluding hydrogens is 1400 g/mol. The third-order valence-corrected chi connectivity index (χ3v) is 21.3. The molecule has 2 saturated heterocycles. The Morgan fingerprint density at radius 3 is 0.661 bits per heavy atom. The average molecular weight is 1480 g/mol. The number of alkyl halides is 6. The molecular formula is C90H79B2ClF6N6O4. The maximum Gasteiger partial charge on any atom is 0.494 e. The van der Waals surface area contributed by atoms with Crippen molar-refractivity contribution in [2.75, 3.05) is 0 Å². The van der Waals surface area contributed by atoms with Crippen LogP contribution in [0.2, 0.25) is 5.28 Å². The van der Waals surface area contributed by atoms with Gasteiger partial charge in [0, 0.05) is 44.5 Å². The Kier molecular flexibility index (Phi) is 21.6.